The summed E-state index contributed by atoms with van der Waals surface area (Å²) in [5.41, 5.74) is 1.32. The number of nitrogens with one attached hydrogen (secondary N) is 2. The van der Waals surface area contributed by atoms with Crippen LogP contribution in [0.2, 0.25) is 0 Å². The molecule has 1 aliphatic heterocycles. The van der Waals surface area contributed by atoms with Gasteiger partial charge in [0, 0.05) is 18.4 Å². The molecule has 3 nitrogen and oxygen atoms in total. The summed E-state index contributed by atoms with van der Waals surface area (Å²) in [5.74, 6) is 0.838. The van der Waals surface area contributed by atoms with Gasteiger partial charge in [-0.3, -0.25) is 4.98 Å². The summed E-state index contributed by atoms with van der Waals surface area (Å²) in [5, 5.41) is 7.01. The summed E-state index contributed by atoms with van der Waals surface area (Å²) in [6.45, 7) is 5.70. The third-order valence-corrected chi connectivity index (χ3v) is 3.38. The minimum atomic E-state index is 0.429. The highest BCUT2D eigenvalue weighted by atomic mass is 14.9. The van der Waals surface area contributed by atoms with E-state index in [4.69, 9.17) is 0 Å². The summed E-state index contributed by atoms with van der Waals surface area (Å²) in [4.78, 5) is 4.04. The van der Waals surface area contributed by atoms with Crippen molar-refractivity contribution in [2.45, 2.75) is 25.8 Å². The van der Waals surface area contributed by atoms with Gasteiger partial charge in [-0.1, -0.05) is 0 Å². The molecule has 3 heteroatoms. The molecule has 0 radical (unpaired) electrons. The van der Waals surface area contributed by atoms with Crippen LogP contribution < -0.4 is 10.6 Å². The Morgan fingerprint density at radius 1 is 1.38 bits per heavy atom. The van der Waals surface area contributed by atoms with E-state index in [1.165, 1.54) is 31.5 Å². The van der Waals surface area contributed by atoms with Gasteiger partial charge in [-0.2, -0.15) is 0 Å². The Hall–Kier alpha value is -0.930. The first kappa shape index (κ1) is 11.6. The number of nitrogens with zero attached hydrogens (tertiary/aromatic N) is 1. The molecule has 1 aromatic heterocycles. The highest BCUT2D eigenvalue weighted by Crippen LogP contribution is 2.14. The van der Waals surface area contributed by atoms with Crippen molar-refractivity contribution in [1.82, 2.24) is 15.6 Å². The summed E-state index contributed by atoms with van der Waals surface area (Å²) < 4.78 is 0. The number of rotatable bonds is 4. The molecular weight excluding hydrogens is 198 g/mol. The number of aromatic nitrogens is 1. The summed E-state index contributed by atoms with van der Waals surface area (Å²) >= 11 is 0. The van der Waals surface area contributed by atoms with Crippen LogP contribution in [-0.2, 0) is 0 Å². The third-order valence-electron chi connectivity index (χ3n) is 3.38. The highest BCUT2D eigenvalue weighted by molar-refractivity contribution is 5.13. The molecule has 0 aromatic carbocycles. The van der Waals surface area contributed by atoms with Crippen molar-refractivity contribution in [2.24, 2.45) is 5.92 Å². The second-order valence-corrected chi connectivity index (χ2v) is 4.60. The lowest BCUT2D eigenvalue weighted by atomic mass is 9.97. The number of hydrogen-bond acceptors (Lipinski definition) is 3. The van der Waals surface area contributed by atoms with Crippen molar-refractivity contribution in [2.75, 3.05) is 19.6 Å². The summed E-state index contributed by atoms with van der Waals surface area (Å²) in [6, 6.07) is 4.60. The average molecular weight is 219 g/mol. The molecule has 2 heterocycles. The molecule has 1 saturated heterocycles. The first-order chi connectivity index (χ1) is 7.86. The van der Waals surface area contributed by atoms with E-state index in [0.29, 0.717) is 6.04 Å². The fourth-order valence-corrected chi connectivity index (χ4v) is 2.20. The molecular formula is C13H21N3. The quantitative estimate of drug-likeness (QED) is 0.810. The van der Waals surface area contributed by atoms with Crippen LogP contribution in [0.25, 0.3) is 0 Å². The van der Waals surface area contributed by atoms with Crippen LogP contribution in [0.3, 0.4) is 0 Å². The largest absolute Gasteiger partial charge is 0.317 e. The third kappa shape index (κ3) is 3.29. The topological polar surface area (TPSA) is 37.0 Å². The molecule has 88 valence electrons. The Morgan fingerprint density at radius 2 is 2.06 bits per heavy atom. The molecule has 1 fully saturated rings. The summed E-state index contributed by atoms with van der Waals surface area (Å²) in [6.07, 6.45) is 6.32. The first-order valence-corrected chi connectivity index (χ1v) is 6.20. The van der Waals surface area contributed by atoms with Crippen molar-refractivity contribution in [1.29, 1.82) is 0 Å². The van der Waals surface area contributed by atoms with Crippen molar-refractivity contribution >= 4 is 0 Å². The highest BCUT2D eigenvalue weighted by Gasteiger charge is 2.13. The lowest BCUT2D eigenvalue weighted by Gasteiger charge is -2.24. The van der Waals surface area contributed by atoms with Crippen LogP contribution in [0.5, 0.6) is 0 Å². The van der Waals surface area contributed by atoms with E-state index in [2.05, 4.69) is 34.7 Å². The Bertz CT molecular complexity index is 293. The van der Waals surface area contributed by atoms with E-state index in [1.807, 2.05) is 12.4 Å². The standard InChI is InChI=1S/C13H21N3/c1-11(13-4-8-15-9-5-13)16-10-12-2-6-14-7-3-12/h4-5,8-9,11-12,14,16H,2-3,6-7,10H2,1H3. The van der Waals surface area contributed by atoms with E-state index in [-0.39, 0.29) is 0 Å². The molecule has 0 aliphatic carbocycles. The molecule has 1 unspecified atom stereocenters. The van der Waals surface area contributed by atoms with Crippen molar-refractivity contribution in [3.8, 4) is 0 Å². The lowest BCUT2D eigenvalue weighted by Crippen LogP contribution is -2.34. The van der Waals surface area contributed by atoms with Gasteiger partial charge in [0.25, 0.3) is 0 Å². The zero-order chi connectivity index (χ0) is 11.2. The van der Waals surface area contributed by atoms with Gasteiger partial charge in [0.2, 0.25) is 0 Å². The van der Waals surface area contributed by atoms with Crippen LogP contribution in [0.4, 0.5) is 0 Å². The van der Waals surface area contributed by atoms with Gasteiger partial charge >= 0.3 is 0 Å². The zero-order valence-electron chi connectivity index (χ0n) is 9.95. The van der Waals surface area contributed by atoms with Crippen LogP contribution in [0.1, 0.15) is 31.4 Å². The monoisotopic (exact) mass is 219 g/mol. The molecule has 16 heavy (non-hydrogen) atoms. The van der Waals surface area contributed by atoms with Gasteiger partial charge < -0.3 is 10.6 Å². The van der Waals surface area contributed by atoms with E-state index < -0.39 is 0 Å². The van der Waals surface area contributed by atoms with Gasteiger partial charge in [-0.05, 0) is 63.0 Å². The predicted octanol–water partition coefficient (Wildman–Crippen LogP) is 1.73. The van der Waals surface area contributed by atoms with Crippen LogP contribution >= 0.6 is 0 Å². The van der Waals surface area contributed by atoms with Crippen LogP contribution in [0, 0.1) is 5.92 Å². The fourth-order valence-electron chi connectivity index (χ4n) is 2.20. The maximum absolute atomic E-state index is 4.04. The van der Waals surface area contributed by atoms with Crippen molar-refractivity contribution in [3.63, 3.8) is 0 Å². The van der Waals surface area contributed by atoms with Crippen molar-refractivity contribution < 1.29 is 0 Å². The van der Waals surface area contributed by atoms with E-state index >= 15 is 0 Å². The zero-order valence-corrected chi connectivity index (χ0v) is 9.95. The van der Waals surface area contributed by atoms with Gasteiger partial charge in [-0.15, -0.1) is 0 Å². The van der Waals surface area contributed by atoms with Crippen LogP contribution in [0.15, 0.2) is 24.5 Å². The molecule has 1 atom stereocenters. The molecule has 2 N–H and O–H groups in total. The maximum Gasteiger partial charge on any atom is 0.0293 e. The number of hydrogen-bond donors (Lipinski definition) is 2. The first-order valence-electron chi connectivity index (χ1n) is 6.20. The van der Waals surface area contributed by atoms with Crippen molar-refractivity contribution in [3.05, 3.63) is 30.1 Å². The van der Waals surface area contributed by atoms with Gasteiger partial charge in [0.15, 0.2) is 0 Å². The Balaban J connectivity index is 1.77. The molecule has 1 aromatic rings. The molecule has 2 rings (SSSR count). The molecule has 0 spiro atoms. The minimum Gasteiger partial charge on any atom is -0.317 e. The number of pyridine rings is 1. The smallest absolute Gasteiger partial charge is 0.0293 e. The molecule has 0 saturated carbocycles. The number of piperidine rings is 1. The summed E-state index contributed by atoms with van der Waals surface area (Å²) in [7, 11) is 0. The van der Waals surface area contributed by atoms with E-state index in [0.717, 1.165) is 12.5 Å². The van der Waals surface area contributed by atoms with Gasteiger partial charge in [0.05, 0.1) is 0 Å². The molecule has 0 bridgehead atoms. The van der Waals surface area contributed by atoms with Crippen LogP contribution in [-0.4, -0.2) is 24.6 Å². The van der Waals surface area contributed by atoms with Gasteiger partial charge in [0.1, 0.15) is 0 Å². The lowest BCUT2D eigenvalue weighted by molar-refractivity contribution is 0.345. The predicted molar refractivity (Wildman–Crippen MR) is 66.2 cm³/mol. The minimum absolute atomic E-state index is 0.429. The Labute approximate surface area is 97.7 Å². The van der Waals surface area contributed by atoms with Gasteiger partial charge in [-0.25, -0.2) is 0 Å². The Kier molecular flexibility index (Phi) is 4.31. The van der Waals surface area contributed by atoms with E-state index in [9.17, 15) is 0 Å². The average Bonchev–Trinajstić information content (AvgIpc) is 2.38. The normalized spacial score (nSPS) is 19.6. The van der Waals surface area contributed by atoms with E-state index in [1.54, 1.807) is 0 Å². The maximum atomic E-state index is 4.04. The second-order valence-electron chi connectivity index (χ2n) is 4.60. The fraction of sp³-hybridized carbons (Fsp3) is 0.615. The Morgan fingerprint density at radius 3 is 2.75 bits per heavy atom. The molecule has 0 amide bonds. The SMILES string of the molecule is CC(NCC1CCNCC1)c1ccncc1. The second kappa shape index (κ2) is 5.97. The molecule has 1 aliphatic rings.